The van der Waals surface area contributed by atoms with Crippen LogP contribution in [0.1, 0.15) is 19.3 Å². The van der Waals surface area contributed by atoms with Crippen molar-refractivity contribution < 1.29 is 0 Å². The third-order valence-corrected chi connectivity index (χ3v) is 4.06. The van der Waals surface area contributed by atoms with E-state index >= 15 is 0 Å². The molecule has 108 valence electrons. The van der Waals surface area contributed by atoms with Gasteiger partial charge in [0.2, 0.25) is 0 Å². The molecule has 0 spiro atoms. The maximum atomic E-state index is 5.83. The van der Waals surface area contributed by atoms with Crippen molar-refractivity contribution in [3.8, 4) is 0 Å². The van der Waals surface area contributed by atoms with Crippen LogP contribution in [-0.4, -0.2) is 62.3 Å². The Balaban J connectivity index is 2.92. The molecule has 1 unspecified atom stereocenters. The molecule has 1 heterocycles. The third kappa shape index (κ3) is 3.40. The average Bonchev–Trinajstić information content (AvgIpc) is 2.35. The van der Waals surface area contributed by atoms with Crippen molar-refractivity contribution in [3.05, 3.63) is 0 Å². The Morgan fingerprint density at radius 1 is 1.00 bits per heavy atom. The van der Waals surface area contributed by atoms with Gasteiger partial charge in [-0.25, -0.2) is 0 Å². The van der Waals surface area contributed by atoms with Gasteiger partial charge in [0.05, 0.1) is 0 Å². The van der Waals surface area contributed by atoms with Gasteiger partial charge in [0.1, 0.15) is 0 Å². The largest absolute Gasteiger partial charge is 0.330 e. The Morgan fingerprint density at radius 3 is 2.17 bits per heavy atom. The summed E-state index contributed by atoms with van der Waals surface area (Å²) in [6.07, 6.45) is 2.85. The predicted octanol–water partition coefficient (Wildman–Crippen LogP) is -2.00. The van der Waals surface area contributed by atoms with E-state index in [0.29, 0.717) is 32.2 Å². The molecule has 1 rings (SSSR count). The van der Waals surface area contributed by atoms with Gasteiger partial charge in [0.15, 0.2) is 0 Å². The molecule has 1 aliphatic rings. The lowest BCUT2D eigenvalue weighted by Crippen LogP contribution is -2.69. The Labute approximate surface area is 110 Å². The van der Waals surface area contributed by atoms with Gasteiger partial charge in [-0.1, -0.05) is 0 Å². The van der Waals surface area contributed by atoms with Crippen molar-refractivity contribution in [1.29, 1.82) is 0 Å². The van der Waals surface area contributed by atoms with Crippen LogP contribution in [0.15, 0.2) is 0 Å². The van der Waals surface area contributed by atoms with E-state index in [9.17, 15) is 0 Å². The second kappa shape index (κ2) is 8.04. The Bertz CT molecular complexity index is 197. The molecule has 0 bridgehead atoms. The molecule has 1 atom stereocenters. The van der Waals surface area contributed by atoms with Crippen molar-refractivity contribution in [2.45, 2.75) is 30.8 Å². The van der Waals surface area contributed by atoms with Crippen LogP contribution in [0.3, 0.4) is 0 Å². The third-order valence-electron chi connectivity index (χ3n) is 4.06. The zero-order valence-electron chi connectivity index (χ0n) is 11.4. The van der Waals surface area contributed by atoms with Crippen LogP contribution in [0.4, 0.5) is 0 Å². The van der Waals surface area contributed by atoms with Gasteiger partial charge in [-0.2, -0.15) is 0 Å². The summed E-state index contributed by atoms with van der Waals surface area (Å²) in [5.74, 6) is 0. The molecule has 1 saturated heterocycles. The minimum Gasteiger partial charge on any atom is -0.330 e. The van der Waals surface area contributed by atoms with Gasteiger partial charge in [-0.15, -0.1) is 0 Å². The number of piperazine rings is 1. The fourth-order valence-electron chi connectivity index (χ4n) is 3.32. The molecule has 1 aliphatic heterocycles. The Kier molecular flexibility index (Phi) is 7.06. The van der Waals surface area contributed by atoms with Gasteiger partial charge in [-0.05, 0) is 38.9 Å². The van der Waals surface area contributed by atoms with E-state index < -0.39 is 0 Å². The molecule has 6 nitrogen and oxygen atoms in total. The number of rotatable bonds is 8. The molecule has 9 N–H and O–H groups in total. The van der Waals surface area contributed by atoms with Crippen molar-refractivity contribution in [2.75, 3.05) is 45.8 Å². The van der Waals surface area contributed by atoms with E-state index in [1.54, 1.807) is 0 Å². The molecule has 0 saturated carbocycles. The zero-order valence-corrected chi connectivity index (χ0v) is 11.4. The molecule has 1 fully saturated rings. The highest BCUT2D eigenvalue weighted by molar-refractivity contribution is 5.04. The number of nitrogens with one attached hydrogen (secondary N) is 1. The quantitative estimate of drug-likeness (QED) is 0.344. The smallest absolute Gasteiger partial charge is 0.0388 e. The highest BCUT2D eigenvalue weighted by Gasteiger charge is 2.43. The number of hydrogen-bond donors (Lipinski definition) is 5. The number of hydrogen-bond acceptors (Lipinski definition) is 6. The summed E-state index contributed by atoms with van der Waals surface area (Å²) in [6, 6.07) is 0.370. The van der Waals surface area contributed by atoms with E-state index in [4.69, 9.17) is 22.9 Å². The first-order valence-corrected chi connectivity index (χ1v) is 7.04. The molecular weight excluding hydrogens is 228 g/mol. The molecule has 18 heavy (non-hydrogen) atoms. The summed E-state index contributed by atoms with van der Waals surface area (Å²) in [5, 5.41) is 3.60. The fraction of sp³-hybridized carbons (Fsp3) is 1.00. The molecule has 0 aliphatic carbocycles. The van der Waals surface area contributed by atoms with Crippen LogP contribution < -0.4 is 28.3 Å². The van der Waals surface area contributed by atoms with Crippen LogP contribution >= 0.6 is 0 Å². The molecule has 0 aromatic heterocycles. The molecule has 0 radical (unpaired) electrons. The van der Waals surface area contributed by atoms with E-state index in [1.165, 1.54) is 0 Å². The van der Waals surface area contributed by atoms with Gasteiger partial charge < -0.3 is 28.3 Å². The summed E-state index contributed by atoms with van der Waals surface area (Å²) in [6.45, 7) is 5.60. The van der Waals surface area contributed by atoms with E-state index in [1.807, 2.05) is 0 Å². The molecule has 0 aromatic rings. The summed E-state index contributed by atoms with van der Waals surface area (Å²) in [5.41, 5.74) is 23.2. The van der Waals surface area contributed by atoms with Gasteiger partial charge in [0, 0.05) is 37.8 Å². The minimum absolute atomic E-state index is 0.0283. The van der Waals surface area contributed by atoms with Crippen molar-refractivity contribution >= 4 is 0 Å². The summed E-state index contributed by atoms with van der Waals surface area (Å²) < 4.78 is 0. The number of nitrogens with two attached hydrogens (primary N) is 4. The van der Waals surface area contributed by atoms with Gasteiger partial charge >= 0.3 is 0 Å². The Morgan fingerprint density at radius 2 is 1.67 bits per heavy atom. The van der Waals surface area contributed by atoms with E-state index in [2.05, 4.69) is 10.2 Å². The normalized spacial score (nSPS) is 24.3. The lowest BCUT2D eigenvalue weighted by Gasteiger charge is -2.53. The maximum Gasteiger partial charge on any atom is 0.0388 e. The lowest BCUT2D eigenvalue weighted by atomic mass is 9.78. The molecule has 0 aromatic carbocycles. The average molecular weight is 258 g/mol. The molecule has 0 amide bonds. The topological polar surface area (TPSA) is 119 Å². The van der Waals surface area contributed by atoms with Crippen LogP contribution in [0.2, 0.25) is 0 Å². The standard InChI is InChI=1S/C12H30N6/c13-4-1-11-12(2-5-14,3-6-15)18(9-7-16)10-8-17-11/h11,17H,1-10,13-16H2. The monoisotopic (exact) mass is 258 g/mol. The van der Waals surface area contributed by atoms with E-state index in [0.717, 1.165) is 38.9 Å². The van der Waals surface area contributed by atoms with E-state index in [-0.39, 0.29) is 5.54 Å². The summed E-state index contributed by atoms with van der Waals surface area (Å²) in [7, 11) is 0. The zero-order chi connectivity index (χ0) is 13.4. The van der Waals surface area contributed by atoms with Crippen molar-refractivity contribution in [1.82, 2.24) is 10.2 Å². The highest BCUT2D eigenvalue weighted by Crippen LogP contribution is 2.31. The first kappa shape index (κ1) is 15.8. The second-order valence-electron chi connectivity index (χ2n) is 5.04. The molecular formula is C12H30N6. The SMILES string of the molecule is NCCC1NCCN(CCN)C1(CCN)CCN. The predicted molar refractivity (Wildman–Crippen MR) is 76.2 cm³/mol. The second-order valence-corrected chi connectivity index (χ2v) is 5.04. The lowest BCUT2D eigenvalue weighted by molar-refractivity contribution is 0.00882. The first-order valence-electron chi connectivity index (χ1n) is 7.04. The Hall–Kier alpha value is -0.240. The van der Waals surface area contributed by atoms with Crippen molar-refractivity contribution in [3.63, 3.8) is 0 Å². The van der Waals surface area contributed by atoms with Crippen LogP contribution in [0.5, 0.6) is 0 Å². The minimum atomic E-state index is 0.0283. The molecule has 6 heteroatoms. The van der Waals surface area contributed by atoms with Gasteiger partial charge in [0.25, 0.3) is 0 Å². The van der Waals surface area contributed by atoms with Crippen LogP contribution in [0.25, 0.3) is 0 Å². The van der Waals surface area contributed by atoms with Crippen LogP contribution in [0, 0.1) is 0 Å². The summed E-state index contributed by atoms with van der Waals surface area (Å²) in [4.78, 5) is 2.48. The first-order chi connectivity index (χ1) is 8.75. The van der Waals surface area contributed by atoms with Gasteiger partial charge in [-0.3, -0.25) is 4.90 Å². The fourth-order valence-corrected chi connectivity index (χ4v) is 3.32. The van der Waals surface area contributed by atoms with Crippen LogP contribution in [-0.2, 0) is 0 Å². The van der Waals surface area contributed by atoms with Crippen molar-refractivity contribution in [2.24, 2.45) is 22.9 Å². The summed E-state index contributed by atoms with van der Waals surface area (Å²) >= 11 is 0. The maximum absolute atomic E-state index is 5.83. The highest BCUT2D eigenvalue weighted by atomic mass is 15.3. The number of nitrogens with zero attached hydrogens (tertiary/aromatic N) is 1.